The van der Waals surface area contributed by atoms with E-state index in [-0.39, 0.29) is 24.7 Å². The average Bonchev–Trinajstić information content (AvgIpc) is 3.14. The summed E-state index contributed by atoms with van der Waals surface area (Å²) in [4.78, 5) is 31.3. The van der Waals surface area contributed by atoms with Crippen LogP contribution in [0, 0.1) is 0 Å². The van der Waals surface area contributed by atoms with Gasteiger partial charge in [-0.15, -0.1) is 0 Å². The maximum Gasteiger partial charge on any atom is 0.270 e. The molecular formula is C20H19N3O4. The number of benzene rings is 2. The van der Waals surface area contributed by atoms with Crippen LogP contribution in [0.2, 0.25) is 0 Å². The third-order valence-electron chi connectivity index (χ3n) is 4.43. The monoisotopic (exact) mass is 365 g/mol. The number of aromatic amines is 1. The number of H-pyrrole nitrogens is 1. The van der Waals surface area contributed by atoms with E-state index in [1.165, 1.54) is 0 Å². The minimum absolute atomic E-state index is 0.106. The van der Waals surface area contributed by atoms with Crippen molar-refractivity contribution < 1.29 is 14.3 Å². The Labute approximate surface area is 155 Å². The number of hydrogen-bond donors (Lipinski definition) is 2. The van der Waals surface area contributed by atoms with Crippen molar-refractivity contribution in [3.8, 4) is 11.5 Å². The quantitative estimate of drug-likeness (QED) is 0.696. The second kappa shape index (κ2) is 7.49. The van der Waals surface area contributed by atoms with Crippen LogP contribution in [0.5, 0.6) is 11.5 Å². The van der Waals surface area contributed by atoms with Crippen molar-refractivity contribution in [2.24, 2.45) is 0 Å². The number of ether oxygens (including phenoxy) is 2. The van der Waals surface area contributed by atoms with Gasteiger partial charge in [0.15, 0.2) is 11.5 Å². The smallest absolute Gasteiger partial charge is 0.270 e. The molecule has 138 valence electrons. The molecule has 1 aromatic heterocycles. The molecule has 3 aromatic rings. The summed E-state index contributed by atoms with van der Waals surface area (Å²) >= 11 is 0. The molecule has 1 aliphatic rings. The fourth-order valence-electron chi connectivity index (χ4n) is 3.00. The third-order valence-corrected chi connectivity index (χ3v) is 4.43. The van der Waals surface area contributed by atoms with E-state index in [0.717, 1.165) is 22.6 Å². The van der Waals surface area contributed by atoms with Crippen molar-refractivity contribution in [1.29, 1.82) is 0 Å². The summed E-state index contributed by atoms with van der Waals surface area (Å²) in [6.45, 7) is 0.761. The standard InChI is InChI=1S/C20H19N3O4/c24-19(21-10-9-13-5-7-17-18(11-13)27-12-26-17)8-6-16-20(25)23-15-4-2-1-3-14(15)22-16/h1-5,7,11H,6,8-10,12H2,(H,21,24)(H,23,25). The van der Waals surface area contributed by atoms with Crippen LogP contribution in [0.1, 0.15) is 17.7 Å². The molecule has 0 spiro atoms. The van der Waals surface area contributed by atoms with Crippen LogP contribution in [0.15, 0.2) is 47.3 Å². The number of fused-ring (bicyclic) bond motifs is 2. The number of aromatic nitrogens is 2. The number of carbonyl (C=O) groups excluding carboxylic acids is 1. The predicted octanol–water partition coefficient (Wildman–Crippen LogP) is 1.94. The summed E-state index contributed by atoms with van der Waals surface area (Å²) in [7, 11) is 0. The largest absolute Gasteiger partial charge is 0.454 e. The lowest BCUT2D eigenvalue weighted by Crippen LogP contribution is -2.27. The first-order chi connectivity index (χ1) is 13.2. The second-order valence-electron chi connectivity index (χ2n) is 6.32. The van der Waals surface area contributed by atoms with Crippen LogP contribution in [-0.4, -0.2) is 29.2 Å². The lowest BCUT2D eigenvalue weighted by atomic mass is 10.1. The minimum atomic E-state index is -0.248. The van der Waals surface area contributed by atoms with E-state index in [4.69, 9.17) is 9.47 Å². The summed E-state index contributed by atoms with van der Waals surface area (Å²) in [6, 6.07) is 13.1. The minimum Gasteiger partial charge on any atom is -0.454 e. The topological polar surface area (TPSA) is 93.3 Å². The van der Waals surface area contributed by atoms with Gasteiger partial charge in [-0.2, -0.15) is 0 Å². The lowest BCUT2D eigenvalue weighted by molar-refractivity contribution is -0.121. The van der Waals surface area contributed by atoms with Gasteiger partial charge in [0.2, 0.25) is 12.7 Å². The predicted molar refractivity (Wildman–Crippen MR) is 100.0 cm³/mol. The number of aryl methyl sites for hydroxylation is 1. The number of hydrogen-bond acceptors (Lipinski definition) is 5. The first kappa shape index (κ1) is 17.1. The molecule has 0 radical (unpaired) electrons. The molecular weight excluding hydrogens is 346 g/mol. The van der Waals surface area contributed by atoms with Gasteiger partial charge in [-0.25, -0.2) is 4.98 Å². The van der Waals surface area contributed by atoms with Crippen LogP contribution in [0.25, 0.3) is 11.0 Å². The van der Waals surface area contributed by atoms with Crippen molar-refractivity contribution in [1.82, 2.24) is 15.3 Å². The summed E-state index contributed by atoms with van der Waals surface area (Å²) in [5, 5.41) is 2.87. The molecule has 7 heteroatoms. The van der Waals surface area contributed by atoms with Gasteiger partial charge >= 0.3 is 0 Å². The molecule has 0 unspecified atom stereocenters. The van der Waals surface area contributed by atoms with Crippen LogP contribution in [0.4, 0.5) is 0 Å². The van der Waals surface area contributed by atoms with Crippen molar-refractivity contribution in [2.75, 3.05) is 13.3 Å². The third kappa shape index (κ3) is 3.92. The molecule has 7 nitrogen and oxygen atoms in total. The zero-order valence-electron chi connectivity index (χ0n) is 14.7. The molecule has 0 fully saturated rings. The van der Waals surface area contributed by atoms with Crippen LogP contribution in [-0.2, 0) is 17.6 Å². The number of para-hydroxylation sites is 2. The Morgan fingerprint density at radius 3 is 2.89 bits per heavy atom. The molecule has 2 heterocycles. The summed E-state index contributed by atoms with van der Waals surface area (Å²) < 4.78 is 10.6. The summed E-state index contributed by atoms with van der Waals surface area (Å²) in [5.41, 5.74) is 2.60. The van der Waals surface area contributed by atoms with E-state index >= 15 is 0 Å². The van der Waals surface area contributed by atoms with Crippen molar-refractivity contribution in [3.63, 3.8) is 0 Å². The molecule has 0 atom stereocenters. The molecule has 2 N–H and O–H groups in total. The SMILES string of the molecule is O=C(CCc1nc2ccccc2[nH]c1=O)NCCc1ccc2c(c1)OCO2. The molecule has 0 bridgehead atoms. The Kier molecular flexibility index (Phi) is 4.74. The van der Waals surface area contributed by atoms with Crippen molar-refractivity contribution >= 4 is 16.9 Å². The molecule has 1 amide bonds. The first-order valence-corrected chi connectivity index (χ1v) is 8.82. The zero-order chi connectivity index (χ0) is 18.6. The van der Waals surface area contributed by atoms with Crippen LogP contribution >= 0.6 is 0 Å². The van der Waals surface area contributed by atoms with Crippen LogP contribution < -0.4 is 20.3 Å². The van der Waals surface area contributed by atoms with Gasteiger partial charge < -0.3 is 19.8 Å². The normalized spacial score (nSPS) is 12.3. The average molecular weight is 365 g/mol. The highest BCUT2D eigenvalue weighted by molar-refractivity contribution is 5.76. The van der Waals surface area contributed by atoms with Gasteiger partial charge in [-0.05, 0) is 36.2 Å². The fourth-order valence-corrected chi connectivity index (χ4v) is 3.00. The Hall–Kier alpha value is -3.35. The maximum atomic E-state index is 12.1. The molecule has 2 aromatic carbocycles. The number of amides is 1. The molecule has 0 saturated heterocycles. The number of carbonyl (C=O) groups is 1. The molecule has 27 heavy (non-hydrogen) atoms. The highest BCUT2D eigenvalue weighted by Crippen LogP contribution is 2.32. The Morgan fingerprint density at radius 1 is 1.11 bits per heavy atom. The van der Waals surface area contributed by atoms with E-state index in [2.05, 4.69) is 15.3 Å². The maximum absolute atomic E-state index is 12.1. The van der Waals surface area contributed by atoms with Crippen LogP contribution in [0.3, 0.4) is 0 Å². The van der Waals surface area contributed by atoms with Gasteiger partial charge in [0.25, 0.3) is 5.56 Å². The Morgan fingerprint density at radius 2 is 1.96 bits per heavy atom. The Balaban J connectivity index is 1.28. The number of rotatable bonds is 6. The van der Waals surface area contributed by atoms with Gasteiger partial charge in [0, 0.05) is 19.4 Å². The molecule has 0 aliphatic carbocycles. The van der Waals surface area contributed by atoms with E-state index in [1.807, 2.05) is 36.4 Å². The van der Waals surface area contributed by atoms with E-state index in [9.17, 15) is 9.59 Å². The van der Waals surface area contributed by atoms with Gasteiger partial charge in [0.05, 0.1) is 11.0 Å². The van der Waals surface area contributed by atoms with Crippen molar-refractivity contribution in [3.05, 3.63) is 64.1 Å². The van der Waals surface area contributed by atoms with E-state index < -0.39 is 0 Å². The number of nitrogens with zero attached hydrogens (tertiary/aromatic N) is 1. The first-order valence-electron chi connectivity index (χ1n) is 8.82. The summed E-state index contributed by atoms with van der Waals surface area (Å²) in [5.74, 6) is 1.38. The van der Waals surface area contributed by atoms with Gasteiger partial charge in [-0.3, -0.25) is 9.59 Å². The molecule has 1 aliphatic heterocycles. The van der Waals surface area contributed by atoms with E-state index in [1.54, 1.807) is 6.07 Å². The van der Waals surface area contributed by atoms with Crippen molar-refractivity contribution in [2.45, 2.75) is 19.3 Å². The molecule has 0 saturated carbocycles. The van der Waals surface area contributed by atoms with Gasteiger partial charge in [-0.1, -0.05) is 18.2 Å². The highest BCUT2D eigenvalue weighted by Gasteiger charge is 2.13. The zero-order valence-corrected chi connectivity index (χ0v) is 14.7. The number of nitrogens with one attached hydrogen (secondary N) is 2. The van der Waals surface area contributed by atoms with Gasteiger partial charge in [0.1, 0.15) is 5.69 Å². The van der Waals surface area contributed by atoms with E-state index in [0.29, 0.717) is 30.6 Å². The second-order valence-corrected chi connectivity index (χ2v) is 6.32. The Bertz CT molecular complexity index is 1040. The molecule has 4 rings (SSSR count). The summed E-state index contributed by atoms with van der Waals surface area (Å²) in [6.07, 6.45) is 1.21. The lowest BCUT2D eigenvalue weighted by Gasteiger charge is -2.06. The highest BCUT2D eigenvalue weighted by atomic mass is 16.7. The fraction of sp³-hybridized carbons (Fsp3) is 0.250.